The lowest BCUT2D eigenvalue weighted by atomic mass is 9.97. The number of hydrogen-bond acceptors (Lipinski definition) is 3. The van der Waals surface area contributed by atoms with Crippen molar-refractivity contribution in [3.8, 4) is 11.5 Å². The van der Waals surface area contributed by atoms with Crippen LogP contribution in [0.15, 0.2) is 84.9 Å². The van der Waals surface area contributed by atoms with Gasteiger partial charge in [0.2, 0.25) is 0 Å². The summed E-state index contributed by atoms with van der Waals surface area (Å²) in [6.45, 7) is 0. The van der Waals surface area contributed by atoms with E-state index in [2.05, 4.69) is 0 Å². The van der Waals surface area contributed by atoms with Crippen molar-refractivity contribution in [2.24, 2.45) is 0 Å². The molecule has 0 fully saturated rings. The number of hydrogen-bond donors (Lipinski definition) is 0. The van der Waals surface area contributed by atoms with E-state index in [0.29, 0.717) is 20.1 Å². The second-order valence-electron chi connectivity index (χ2n) is 7.77. The topological polar surface area (TPSA) is 27.7 Å². The van der Waals surface area contributed by atoms with Crippen molar-refractivity contribution in [1.82, 2.24) is 0 Å². The Kier molecular flexibility index (Phi) is 8.48. The lowest BCUT2D eigenvalue weighted by Crippen LogP contribution is -2.14. The largest absolute Gasteiger partial charge is 0.497 e. The Morgan fingerprint density at radius 2 is 0.886 bits per heavy atom. The molecule has 2 unspecified atom stereocenters. The molecule has 180 valence electrons. The van der Waals surface area contributed by atoms with Gasteiger partial charge in [0, 0.05) is 31.2 Å². The van der Waals surface area contributed by atoms with Crippen LogP contribution in [0, 0.1) is 0 Å². The minimum atomic E-state index is -0.575. The summed E-state index contributed by atoms with van der Waals surface area (Å²) in [5.41, 5.74) is 3.18. The molecule has 0 aliphatic rings. The third-order valence-electron chi connectivity index (χ3n) is 5.59. The Morgan fingerprint density at radius 3 is 1.23 bits per heavy atom. The zero-order chi connectivity index (χ0) is 24.9. The molecule has 0 radical (unpaired) electrons. The van der Waals surface area contributed by atoms with Gasteiger partial charge in [-0.25, -0.2) is 0 Å². The van der Waals surface area contributed by atoms with Crippen LogP contribution in [0.25, 0.3) is 0 Å². The average Bonchev–Trinajstić information content (AvgIpc) is 2.88. The zero-order valence-electron chi connectivity index (χ0n) is 19.0. The Hall–Kier alpha value is -2.40. The Balaban J connectivity index is 1.87. The molecule has 0 N–H and O–H groups in total. The van der Waals surface area contributed by atoms with Gasteiger partial charge in [-0.1, -0.05) is 70.7 Å². The second-order valence-corrected chi connectivity index (χ2v) is 9.46. The van der Waals surface area contributed by atoms with E-state index < -0.39 is 12.2 Å². The van der Waals surface area contributed by atoms with Gasteiger partial charge < -0.3 is 14.2 Å². The highest BCUT2D eigenvalue weighted by atomic mass is 35.5. The maximum atomic E-state index is 6.85. The van der Waals surface area contributed by atoms with Crippen LogP contribution >= 0.6 is 46.4 Å². The highest BCUT2D eigenvalue weighted by molar-refractivity contribution is 6.34. The minimum Gasteiger partial charge on any atom is -0.497 e. The Morgan fingerprint density at radius 1 is 0.514 bits per heavy atom. The van der Waals surface area contributed by atoms with E-state index in [-0.39, 0.29) is 0 Å². The van der Waals surface area contributed by atoms with Gasteiger partial charge in [-0.3, -0.25) is 0 Å². The van der Waals surface area contributed by atoms with Crippen LogP contribution in [-0.4, -0.2) is 14.2 Å². The van der Waals surface area contributed by atoms with E-state index in [0.717, 1.165) is 33.8 Å². The number of methoxy groups -OCH3 is 2. The third-order valence-corrected chi connectivity index (χ3v) is 6.75. The molecule has 0 spiro atoms. The number of rotatable bonds is 8. The highest BCUT2D eigenvalue weighted by Gasteiger charge is 2.27. The summed E-state index contributed by atoms with van der Waals surface area (Å²) in [6, 6.07) is 25.9. The van der Waals surface area contributed by atoms with Crippen molar-refractivity contribution in [3.63, 3.8) is 0 Å². The van der Waals surface area contributed by atoms with Crippen molar-refractivity contribution >= 4 is 46.4 Å². The van der Waals surface area contributed by atoms with Crippen LogP contribution in [0.3, 0.4) is 0 Å². The molecule has 0 bridgehead atoms. The van der Waals surface area contributed by atoms with E-state index in [1.807, 2.05) is 60.7 Å². The molecule has 0 amide bonds. The summed E-state index contributed by atoms with van der Waals surface area (Å²) < 4.78 is 17.5. The summed E-state index contributed by atoms with van der Waals surface area (Å²) in [7, 11) is 3.25. The summed E-state index contributed by atoms with van der Waals surface area (Å²) in [6.07, 6.45) is -1.15. The van der Waals surface area contributed by atoms with Crippen molar-refractivity contribution in [2.45, 2.75) is 12.2 Å². The standard InChI is InChI=1S/C28H22Cl4O3/c1-33-21-9-3-17(4-10-21)27(23-15-19(29)7-13-25(23)31)35-28(18-5-11-22(34-2)12-6-18)24-16-20(30)8-14-26(24)32/h3-16,27-28H,1-2H3. The molecule has 7 heteroatoms. The molecular formula is C28H22Cl4O3. The number of halogens is 4. The lowest BCUT2D eigenvalue weighted by molar-refractivity contribution is 0.0309. The SMILES string of the molecule is COc1ccc(C(OC(c2ccc(OC)cc2)c2cc(Cl)ccc2Cl)c2cc(Cl)ccc2Cl)cc1. The van der Waals surface area contributed by atoms with Gasteiger partial charge in [-0.2, -0.15) is 0 Å². The van der Waals surface area contributed by atoms with Crippen LogP contribution in [0.4, 0.5) is 0 Å². The van der Waals surface area contributed by atoms with Crippen molar-refractivity contribution in [1.29, 1.82) is 0 Å². The summed E-state index contributed by atoms with van der Waals surface area (Å²) in [4.78, 5) is 0. The first-order valence-corrected chi connectivity index (χ1v) is 12.2. The maximum Gasteiger partial charge on any atom is 0.118 e. The third kappa shape index (κ3) is 6.06. The first-order valence-electron chi connectivity index (χ1n) is 10.7. The number of benzene rings is 4. The molecule has 0 aliphatic heterocycles. The number of ether oxygens (including phenoxy) is 3. The van der Waals surface area contributed by atoms with Crippen molar-refractivity contribution < 1.29 is 14.2 Å². The van der Waals surface area contributed by atoms with Gasteiger partial charge in [0.15, 0.2) is 0 Å². The van der Waals surface area contributed by atoms with E-state index >= 15 is 0 Å². The van der Waals surface area contributed by atoms with Crippen LogP contribution in [-0.2, 0) is 4.74 Å². The lowest BCUT2D eigenvalue weighted by Gasteiger charge is -2.28. The van der Waals surface area contributed by atoms with Crippen LogP contribution in [0.2, 0.25) is 20.1 Å². The van der Waals surface area contributed by atoms with E-state index in [9.17, 15) is 0 Å². The summed E-state index contributed by atoms with van der Waals surface area (Å²) in [5, 5.41) is 2.16. The van der Waals surface area contributed by atoms with Crippen LogP contribution < -0.4 is 9.47 Å². The molecule has 4 aromatic rings. The molecule has 4 aromatic carbocycles. The van der Waals surface area contributed by atoms with Gasteiger partial charge in [0.05, 0.1) is 14.2 Å². The first kappa shape index (κ1) is 25.7. The average molecular weight is 548 g/mol. The summed E-state index contributed by atoms with van der Waals surface area (Å²) >= 11 is 26.0. The molecule has 0 heterocycles. The quantitative estimate of drug-likeness (QED) is 0.220. The van der Waals surface area contributed by atoms with Gasteiger partial charge >= 0.3 is 0 Å². The summed E-state index contributed by atoms with van der Waals surface area (Å²) in [5.74, 6) is 1.46. The smallest absolute Gasteiger partial charge is 0.118 e. The molecule has 4 rings (SSSR count). The maximum absolute atomic E-state index is 6.85. The molecule has 0 aliphatic carbocycles. The minimum absolute atomic E-state index is 0.529. The van der Waals surface area contributed by atoms with Gasteiger partial charge in [0.25, 0.3) is 0 Å². The van der Waals surface area contributed by atoms with Crippen molar-refractivity contribution in [2.75, 3.05) is 14.2 Å². The fourth-order valence-electron chi connectivity index (χ4n) is 3.79. The van der Waals surface area contributed by atoms with Gasteiger partial charge in [-0.15, -0.1) is 0 Å². The van der Waals surface area contributed by atoms with Crippen molar-refractivity contribution in [3.05, 3.63) is 127 Å². The fraction of sp³-hybridized carbons (Fsp3) is 0.143. The first-order chi connectivity index (χ1) is 16.9. The molecular weight excluding hydrogens is 526 g/mol. The van der Waals surface area contributed by atoms with E-state index in [4.69, 9.17) is 60.6 Å². The fourth-order valence-corrected chi connectivity index (χ4v) is 4.58. The molecule has 35 heavy (non-hydrogen) atoms. The molecule has 2 atom stereocenters. The molecule has 3 nitrogen and oxygen atoms in total. The highest BCUT2D eigenvalue weighted by Crippen LogP contribution is 2.42. The molecule has 0 saturated heterocycles. The Labute approximate surface area is 225 Å². The monoisotopic (exact) mass is 546 g/mol. The van der Waals surface area contributed by atoms with E-state index in [1.165, 1.54) is 0 Å². The second kappa shape index (κ2) is 11.6. The zero-order valence-corrected chi connectivity index (χ0v) is 22.0. The predicted octanol–water partition coefficient (Wildman–Crippen LogP) is 9.21. The normalized spacial score (nSPS) is 12.7. The molecule has 0 aromatic heterocycles. The Bertz CT molecular complexity index is 1190. The van der Waals surface area contributed by atoms with Gasteiger partial charge in [0.1, 0.15) is 23.7 Å². The van der Waals surface area contributed by atoms with Crippen LogP contribution in [0.1, 0.15) is 34.5 Å². The predicted molar refractivity (Wildman–Crippen MR) is 144 cm³/mol. The van der Waals surface area contributed by atoms with E-state index in [1.54, 1.807) is 38.5 Å². The van der Waals surface area contributed by atoms with Crippen LogP contribution in [0.5, 0.6) is 11.5 Å². The molecule has 0 saturated carbocycles. The van der Waals surface area contributed by atoms with Gasteiger partial charge in [-0.05, 0) is 71.8 Å².